The van der Waals surface area contributed by atoms with E-state index in [9.17, 15) is 0 Å². The van der Waals surface area contributed by atoms with E-state index in [4.69, 9.17) is 15.3 Å². The average molecular weight is 280 g/mol. The highest BCUT2D eigenvalue weighted by Crippen LogP contribution is 2.28. The number of hydrogen-bond acceptors (Lipinski definition) is 4. The molecule has 0 aliphatic heterocycles. The van der Waals surface area contributed by atoms with Crippen LogP contribution in [0, 0.1) is 5.92 Å². The van der Waals surface area contributed by atoms with E-state index in [2.05, 4.69) is 25.3 Å². The van der Waals surface area contributed by atoms with Gasteiger partial charge in [-0.2, -0.15) is 0 Å². The van der Waals surface area contributed by atoms with Crippen molar-refractivity contribution >= 4 is 0 Å². The quantitative estimate of drug-likeness (QED) is 0.539. The van der Waals surface area contributed by atoms with Gasteiger partial charge in [0.05, 0.1) is 14.2 Å². The fourth-order valence-electron chi connectivity index (χ4n) is 2.60. The minimum Gasteiger partial charge on any atom is -0.493 e. The molecule has 20 heavy (non-hydrogen) atoms. The second kappa shape index (κ2) is 8.82. The van der Waals surface area contributed by atoms with Crippen LogP contribution < -0.4 is 20.7 Å². The zero-order valence-electron chi connectivity index (χ0n) is 13.1. The lowest BCUT2D eigenvalue weighted by Gasteiger charge is -2.20. The van der Waals surface area contributed by atoms with Crippen molar-refractivity contribution in [3.8, 4) is 11.5 Å². The molecule has 2 atom stereocenters. The Labute approximate surface area is 122 Å². The largest absolute Gasteiger partial charge is 0.493 e. The van der Waals surface area contributed by atoms with Crippen molar-refractivity contribution in [1.82, 2.24) is 5.43 Å². The van der Waals surface area contributed by atoms with Gasteiger partial charge in [-0.05, 0) is 36.5 Å². The van der Waals surface area contributed by atoms with Gasteiger partial charge in [-0.3, -0.25) is 11.3 Å². The standard InChI is InChI=1S/C16H28N2O2/c1-5-6-12(2)9-14(18-17)10-13-7-8-15(19-3)16(11-13)20-4/h7-8,11-12,14,18H,5-6,9-10,17H2,1-4H3. The van der Waals surface area contributed by atoms with Gasteiger partial charge in [0.2, 0.25) is 0 Å². The first-order valence-electron chi connectivity index (χ1n) is 7.31. The first-order chi connectivity index (χ1) is 9.64. The number of hydrazine groups is 1. The Kier molecular flexibility index (Phi) is 7.41. The fourth-order valence-corrected chi connectivity index (χ4v) is 2.60. The predicted octanol–water partition coefficient (Wildman–Crippen LogP) is 2.90. The molecule has 4 nitrogen and oxygen atoms in total. The molecule has 1 aromatic rings. The second-order valence-electron chi connectivity index (χ2n) is 5.39. The lowest BCUT2D eigenvalue weighted by Crippen LogP contribution is -2.38. The SMILES string of the molecule is CCCC(C)CC(Cc1ccc(OC)c(OC)c1)NN. The second-order valence-corrected chi connectivity index (χ2v) is 5.39. The summed E-state index contributed by atoms with van der Waals surface area (Å²) < 4.78 is 10.6. The van der Waals surface area contributed by atoms with Gasteiger partial charge in [-0.25, -0.2) is 0 Å². The molecule has 1 rings (SSSR count). The van der Waals surface area contributed by atoms with Crippen LogP contribution in [-0.4, -0.2) is 20.3 Å². The van der Waals surface area contributed by atoms with Gasteiger partial charge in [0, 0.05) is 6.04 Å². The molecule has 0 bridgehead atoms. The molecule has 0 spiro atoms. The Morgan fingerprint density at radius 3 is 2.45 bits per heavy atom. The van der Waals surface area contributed by atoms with Gasteiger partial charge >= 0.3 is 0 Å². The highest BCUT2D eigenvalue weighted by molar-refractivity contribution is 5.43. The maximum absolute atomic E-state index is 5.69. The van der Waals surface area contributed by atoms with Gasteiger partial charge in [-0.1, -0.05) is 32.8 Å². The lowest BCUT2D eigenvalue weighted by atomic mass is 9.93. The third-order valence-electron chi connectivity index (χ3n) is 3.63. The van der Waals surface area contributed by atoms with Gasteiger partial charge in [0.1, 0.15) is 0 Å². The maximum Gasteiger partial charge on any atom is 0.160 e. The van der Waals surface area contributed by atoms with E-state index in [0.717, 1.165) is 24.3 Å². The molecule has 0 amide bonds. The molecule has 3 N–H and O–H groups in total. The zero-order valence-corrected chi connectivity index (χ0v) is 13.1. The summed E-state index contributed by atoms with van der Waals surface area (Å²) in [5, 5.41) is 0. The molecule has 0 saturated heterocycles. The van der Waals surface area contributed by atoms with Crippen molar-refractivity contribution in [3.05, 3.63) is 23.8 Å². The molecule has 4 heteroatoms. The molecular formula is C16H28N2O2. The summed E-state index contributed by atoms with van der Waals surface area (Å²) >= 11 is 0. The normalized spacial score (nSPS) is 13.8. The zero-order chi connectivity index (χ0) is 15.0. The number of methoxy groups -OCH3 is 2. The van der Waals surface area contributed by atoms with E-state index in [-0.39, 0.29) is 6.04 Å². The van der Waals surface area contributed by atoms with Crippen molar-refractivity contribution in [2.45, 2.75) is 45.6 Å². The summed E-state index contributed by atoms with van der Waals surface area (Å²) in [4.78, 5) is 0. The molecule has 1 aromatic carbocycles. The minimum absolute atomic E-state index is 0.287. The van der Waals surface area contributed by atoms with Gasteiger partial charge < -0.3 is 9.47 Å². The Morgan fingerprint density at radius 2 is 1.90 bits per heavy atom. The minimum atomic E-state index is 0.287. The maximum atomic E-state index is 5.69. The summed E-state index contributed by atoms with van der Waals surface area (Å²) in [6.45, 7) is 4.50. The first-order valence-corrected chi connectivity index (χ1v) is 7.31. The van der Waals surface area contributed by atoms with E-state index < -0.39 is 0 Å². The van der Waals surface area contributed by atoms with E-state index in [1.165, 1.54) is 18.4 Å². The van der Waals surface area contributed by atoms with Crippen LogP contribution in [0.4, 0.5) is 0 Å². The van der Waals surface area contributed by atoms with Crippen LogP contribution in [0.5, 0.6) is 11.5 Å². The van der Waals surface area contributed by atoms with Crippen molar-refractivity contribution in [2.75, 3.05) is 14.2 Å². The molecule has 0 radical (unpaired) electrons. The van der Waals surface area contributed by atoms with E-state index >= 15 is 0 Å². The summed E-state index contributed by atoms with van der Waals surface area (Å²) in [6, 6.07) is 6.32. The van der Waals surface area contributed by atoms with Crippen molar-refractivity contribution in [2.24, 2.45) is 11.8 Å². The number of hydrogen-bond donors (Lipinski definition) is 2. The summed E-state index contributed by atoms with van der Waals surface area (Å²) in [6.07, 6.45) is 4.43. The topological polar surface area (TPSA) is 56.5 Å². The van der Waals surface area contributed by atoms with Gasteiger partial charge in [-0.15, -0.1) is 0 Å². The molecule has 0 saturated carbocycles. The van der Waals surface area contributed by atoms with Crippen LogP contribution in [0.25, 0.3) is 0 Å². The number of rotatable bonds is 9. The predicted molar refractivity (Wildman–Crippen MR) is 83.1 cm³/mol. The van der Waals surface area contributed by atoms with Crippen LogP contribution in [0.15, 0.2) is 18.2 Å². The van der Waals surface area contributed by atoms with E-state index in [1.54, 1.807) is 14.2 Å². The molecule has 114 valence electrons. The van der Waals surface area contributed by atoms with Crippen molar-refractivity contribution in [1.29, 1.82) is 0 Å². The Balaban J connectivity index is 2.69. The fraction of sp³-hybridized carbons (Fsp3) is 0.625. The van der Waals surface area contributed by atoms with Crippen molar-refractivity contribution < 1.29 is 9.47 Å². The highest BCUT2D eigenvalue weighted by atomic mass is 16.5. The van der Waals surface area contributed by atoms with E-state index in [0.29, 0.717) is 5.92 Å². The smallest absolute Gasteiger partial charge is 0.160 e. The molecule has 0 fully saturated rings. The summed E-state index contributed by atoms with van der Waals surface area (Å²) in [5.74, 6) is 7.89. The molecule has 0 aliphatic rings. The van der Waals surface area contributed by atoms with Crippen LogP contribution in [0.1, 0.15) is 38.7 Å². The number of nitrogens with one attached hydrogen (secondary N) is 1. The third-order valence-corrected chi connectivity index (χ3v) is 3.63. The van der Waals surface area contributed by atoms with Crippen LogP contribution >= 0.6 is 0 Å². The van der Waals surface area contributed by atoms with Crippen LogP contribution in [0.3, 0.4) is 0 Å². The summed E-state index contributed by atoms with van der Waals surface area (Å²) in [5.41, 5.74) is 4.14. The average Bonchev–Trinajstić information content (AvgIpc) is 2.46. The Morgan fingerprint density at radius 1 is 1.20 bits per heavy atom. The van der Waals surface area contributed by atoms with Gasteiger partial charge in [0.15, 0.2) is 11.5 Å². The first kappa shape index (κ1) is 16.8. The highest BCUT2D eigenvalue weighted by Gasteiger charge is 2.13. The number of ether oxygens (including phenoxy) is 2. The third kappa shape index (κ3) is 5.02. The van der Waals surface area contributed by atoms with Crippen molar-refractivity contribution in [3.63, 3.8) is 0 Å². The number of nitrogens with two attached hydrogens (primary N) is 1. The molecular weight excluding hydrogens is 252 g/mol. The Bertz CT molecular complexity index is 396. The monoisotopic (exact) mass is 280 g/mol. The molecule has 0 heterocycles. The van der Waals surface area contributed by atoms with Crippen LogP contribution in [0.2, 0.25) is 0 Å². The Hall–Kier alpha value is -1.26. The molecule has 2 unspecified atom stereocenters. The lowest BCUT2D eigenvalue weighted by molar-refractivity contribution is 0.353. The van der Waals surface area contributed by atoms with Crippen LogP contribution in [-0.2, 0) is 6.42 Å². The van der Waals surface area contributed by atoms with Gasteiger partial charge in [0.25, 0.3) is 0 Å². The molecule has 0 aromatic heterocycles. The molecule has 0 aliphatic carbocycles. The summed E-state index contributed by atoms with van der Waals surface area (Å²) in [7, 11) is 3.30. The van der Waals surface area contributed by atoms with E-state index in [1.807, 2.05) is 12.1 Å². The number of benzene rings is 1.